The highest BCUT2D eigenvalue weighted by atomic mass is 16.5. The Morgan fingerprint density at radius 3 is 2.77 bits per heavy atom. The summed E-state index contributed by atoms with van der Waals surface area (Å²) in [5, 5.41) is 18.6. The summed E-state index contributed by atoms with van der Waals surface area (Å²) < 4.78 is 4.56. The first-order valence-electron chi connectivity index (χ1n) is 4.26. The molecule has 2 N–H and O–H groups in total. The molecular formula is C7H14BNO4. The van der Waals surface area contributed by atoms with Crippen LogP contribution < -0.4 is 0 Å². The molecule has 0 aliphatic carbocycles. The number of carbonyl (C=O) groups excluding carboxylic acids is 1. The van der Waals surface area contributed by atoms with Crippen LogP contribution in [0.25, 0.3) is 0 Å². The average molecular weight is 187 g/mol. The number of ether oxygens (including phenoxy) is 1. The number of rotatable bonds is 2. The van der Waals surface area contributed by atoms with E-state index < -0.39 is 25.2 Å². The second-order valence-electron chi connectivity index (χ2n) is 3.26. The van der Waals surface area contributed by atoms with Crippen LogP contribution in [0.4, 0.5) is 0 Å². The summed E-state index contributed by atoms with van der Waals surface area (Å²) in [4.78, 5) is 12.7. The van der Waals surface area contributed by atoms with Gasteiger partial charge in [0.1, 0.15) is 6.04 Å². The minimum absolute atomic E-state index is 0.317. The van der Waals surface area contributed by atoms with E-state index in [2.05, 4.69) is 4.74 Å². The number of aliphatic hydroxyl groups is 1. The van der Waals surface area contributed by atoms with Crippen molar-refractivity contribution in [2.45, 2.75) is 25.4 Å². The molecule has 0 bridgehead atoms. The summed E-state index contributed by atoms with van der Waals surface area (Å²) >= 11 is 0. The van der Waals surface area contributed by atoms with E-state index in [-0.39, 0.29) is 0 Å². The highest BCUT2D eigenvalue weighted by Gasteiger charge is 2.39. The van der Waals surface area contributed by atoms with Gasteiger partial charge in [-0.05, 0) is 13.2 Å². The predicted molar refractivity (Wildman–Crippen MR) is 47.0 cm³/mol. The molecule has 1 aliphatic rings. The maximum absolute atomic E-state index is 11.2. The summed E-state index contributed by atoms with van der Waals surface area (Å²) in [6.07, 6.45) is -0.226. The maximum Gasteiger partial charge on any atom is 0.377 e. The van der Waals surface area contributed by atoms with Crippen LogP contribution in [-0.4, -0.2) is 53.8 Å². The highest BCUT2D eigenvalue weighted by molar-refractivity contribution is 6.45. The summed E-state index contributed by atoms with van der Waals surface area (Å²) in [5.41, 5.74) is 0. The molecule has 6 heteroatoms. The van der Waals surface area contributed by atoms with Crippen LogP contribution in [0.15, 0.2) is 0 Å². The quantitative estimate of drug-likeness (QED) is 0.415. The number of β-amino-alcohol motifs (C(OH)–C–C–N with tert-alkyl or cyclic N) is 1. The van der Waals surface area contributed by atoms with Gasteiger partial charge in [0.05, 0.1) is 13.2 Å². The Bertz CT molecular complexity index is 199. The Kier molecular flexibility index (Phi) is 3.30. The van der Waals surface area contributed by atoms with Gasteiger partial charge < -0.3 is 19.7 Å². The molecule has 1 saturated heterocycles. The monoisotopic (exact) mass is 187 g/mol. The van der Waals surface area contributed by atoms with Crippen molar-refractivity contribution in [3.8, 4) is 0 Å². The summed E-state index contributed by atoms with van der Waals surface area (Å²) in [7, 11) is 0.564. The SMILES string of the molecule is COC(=O)[C@@H]1C[C@@H](O)CN1B(C)O. The molecule has 0 saturated carbocycles. The molecule has 1 rings (SSSR count). The topological polar surface area (TPSA) is 70.0 Å². The van der Waals surface area contributed by atoms with Gasteiger partial charge >= 0.3 is 13.0 Å². The fraction of sp³-hybridized carbons (Fsp3) is 0.857. The fourth-order valence-electron chi connectivity index (χ4n) is 1.62. The number of nitrogens with zero attached hydrogens (tertiary/aromatic N) is 1. The molecule has 0 aromatic rings. The number of carbonyl (C=O) groups is 1. The van der Waals surface area contributed by atoms with Gasteiger partial charge in [-0.25, -0.2) is 0 Å². The average Bonchev–Trinajstić information content (AvgIpc) is 2.46. The largest absolute Gasteiger partial charge is 0.468 e. The van der Waals surface area contributed by atoms with E-state index in [0.717, 1.165) is 0 Å². The van der Waals surface area contributed by atoms with Crippen LogP contribution in [0.1, 0.15) is 6.42 Å². The molecule has 0 unspecified atom stereocenters. The number of aliphatic hydroxyl groups excluding tert-OH is 1. The fourth-order valence-corrected chi connectivity index (χ4v) is 1.62. The lowest BCUT2D eigenvalue weighted by Gasteiger charge is -2.22. The standard InChI is InChI=1S/C7H14BNO4/c1-8(12)9-4-5(10)3-6(9)7(11)13-2/h5-6,10,12H,3-4H2,1-2H3/t5-,6+/m1/s1. The van der Waals surface area contributed by atoms with Crippen molar-refractivity contribution < 1.29 is 19.7 Å². The first-order valence-corrected chi connectivity index (χ1v) is 4.26. The van der Waals surface area contributed by atoms with Crippen LogP contribution in [0.3, 0.4) is 0 Å². The van der Waals surface area contributed by atoms with Crippen molar-refractivity contribution in [3.05, 3.63) is 0 Å². The Balaban J connectivity index is 2.66. The second-order valence-corrected chi connectivity index (χ2v) is 3.26. The molecule has 0 aromatic carbocycles. The number of hydrogen-bond donors (Lipinski definition) is 2. The van der Waals surface area contributed by atoms with E-state index in [9.17, 15) is 14.9 Å². The molecule has 0 aromatic heterocycles. The van der Waals surface area contributed by atoms with Gasteiger partial charge in [0.25, 0.3) is 0 Å². The predicted octanol–water partition coefficient (Wildman–Crippen LogP) is -1.30. The van der Waals surface area contributed by atoms with Gasteiger partial charge in [-0.1, -0.05) is 0 Å². The van der Waals surface area contributed by atoms with Crippen molar-refractivity contribution in [2.24, 2.45) is 0 Å². The van der Waals surface area contributed by atoms with Crippen molar-refractivity contribution in [3.63, 3.8) is 0 Å². The van der Waals surface area contributed by atoms with E-state index >= 15 is 0 Å². The smallest absolute Gasteiger partial charge is 0.377 e. The molecule has 13 heavy (non-hydrogen) atoms. The first-order chi connectivity index (χ1) is 6.06. The lowest BCUT2D eigenvalue weighted by molar-refractivity contribution is -0.144. The van der Waals surface area contributed by atoms with Crippen LogP contribution in [0.2, 0.25) is 6.82 Å². The van der Waals surface area contributed by atoms with Gasteiger partial charge in [-0.2, -0.15) is 0 Å². The summed E-state index contributed by atoms with van der Waals surface area (Å²) in [6, 6.07) is -0.514. The molecule has 2 atom stereocenters. The van der Waals surface area contributed by atoms with Crippen molar-refractivity contribution >= 4 is 13.0 Å². The molecule has 74 valence electrons. The zero-order chi connectivity index (χ0) is 10.0. The van der Waals surface area contributed by atoms with Crippen LogP contribution >= 0.6 is 0 Å². The number of esters is 1. The lowest BCUT2D eigenvalue weighted by Crippen LogP contribution is -2.45. The van der Waals surface area contributed by atoms with Crippen molar-refractivity contribution in [1.29, 1.82) is 0 Å². The Hall–Kier alpha value is -0.585. The van der Waals surface area contributed by atoms with Gasteiger partial charge in [-0.15, -0.1) is 0 Å². The van der Waals surface area contributed by atoms with Gasteiger partial charge in [0.2, 0.25) is 0 Å². The molecule has 0 amide bonds. The third-order valence-electron chi connectivity index (χ3n) is 2.27. The first kappa shape index (κ1) is 10.5. The van der Waals surface area contributed by atoms with E-state index in [1.54, 1.807) is 6.82 Å². The molecule has 0 radical (unpaired) electrons. The highest BCUT2D eigenvalue weighted by Crippen LogP contribution is 2.19. The van der Waals surface area contributed by atoms with Gasteiger partial charge in [-0.3, -0.25) is 4.79 Å². The number of hydrogen-bond acceptors (Lipinski definition) is 5. The minimum atomic E-state index is -0.735. The van der Waals surface area contributed by atoms with E-state index in [4.69, 9.17) is 0 Å². The normalized spacial score (nSPS) is 28.9. The Labute approximate surface area is 77.4 Å². The molecule has 0 spiro atoms. The third-order valence-corrected chi connectivity index (χ3v) is 2.27. The van der Waals surface area contributed by atoms with E-state index in [0.29, 0.717) is 13.0 Å². The van der Waals surface area contributed by atoms with Crippen LogP contribution in [-0.2, 0) is 9.53 Å². The maximum atomic E-state index is 11.2. The summed E-state index contributed by atoms with van der Waals surface area (Å²) in [5.74, 6) is -0.405. The Morgan fingerprint density at radius 1 is 1.69 bits per heavy atom. The van der Waals surface area contributed by atoms with Gasteiger partial charge in [0.15, 0.2) is 0 Å². The minimum Gasteiger partial charge on any atom is -0.468 e. The van der Waals surface area contributed by atoms with E-state index in [1.807, 2.05) is 0 Å². The molecule has 1 aliphatic heterocycles. The lowest BCUT2D eigenvalue weighted by atomic mass is 9.84. The Morgan fingerprint density at radius 2 is 2.31 bits per heavy atom. The molecule has 1 heterocycles. The molecular weight excluding hydrogens is 173 g/mol. The third kappa shape index (κ3) is 2.21. The van der Waals surface area contributed by atoms with Crippen molar-refractivity contribution in [1.82, 2.24) is 4.81 Å². The molecule has 1 fully saturated rings. The second kappa shape index (κ2) is 4.08. The summed E-state index contributed by atoms with van der Waals surface area (Å²) in [6.45, 7) is 1.88. The zero-order valence-electron chi connectivity index (χ0n) is 7.80. The zero-order valence-corrected chi connectivity index (χ0v) is 7.80. The number of methoxy groups -OCH3 is 1. The molecule has 5 nitrogen and oxygen atoms in total. The van der Waals surface area contributed by atoms with Gasteiger partial charge in [0, 0.05) is 6.54 Å². The van der Waals surface area contributed by atoms with E-state index in [1.165, 1.54) is 11.9 Å². The van der Waals surface area contributed by atoms with Crippen molar-refractivity contribution in [2.75, 3.05) is 13.7 Å². The van der Waals surface area contributed by atoms with Crippen LogP contribution in [0, 0.1) is 0 Å². The van der Waals surface area contributed by atoms with Crippen LogP contribution in [0.5, 0.6) is 0 Å².